The van der Waals surface area contributed by atoms with Crippen molar-refractivity contribution in [2.24, 2.45) is 11.7 Å². The van der Waals surface area contributed by atoms with Crippen LogP contribution in [0.2, 0.25) is 0 Å². The van der Waals surface area contributed by atoms with Gasteiger partial charge in [-0.05, 0) is 25.7 Å². The molecule has 2 N–H and O–H groups in total. The minimum absolute atomic E-state index is 0.366. The maximum absolute atomic E-state index is 5.99. The number of hydrogen-bond acceptors (Lipinski definition) is 1. The van der Waals surface area contributed by atoms with Crippen molar-refractivity contribution in [1.29, 1.82) is 0 Å². The summed E-state index contributed by atoms with van der Waals surface area (Å²) in [6.45, 7) is 5.95. The smallest absolute Gasteiger partial charge is 0.00785 e. The molecule has 1 heteroatoms. The van der Waals surface area contributed by atoms with Gasteiger partial charge in [-0.1, -0.05) is 31.3 Å². The first-order chi connectivity index (χ1) is 5.68. The van der Waals surface area contributed by atoms with Crippen LogP contribution in [0.4, 0.5) is 0 Å². The average Bonchev–Trinajstić information content (AvgIpc) is 2.37. The molecule has 12 heavy (non-hydrogen) atoms. The number of rotatable bonds is 4. The molecule has 0 spiro atoms. The average molecular weight is 167 g/mol. The highest BCUT2D eigenvalue weighted by molar-refractivity contribution is 4.92. The van der Waals surface area contributed by atoms with Crippen molar-refractivity contribution in [3.63, 3.8) is 0 Å². The monoisotopic (exact) mass is 167 g/mol. The Hall–Kier alpha value is -0.300. The first-order valence-corrected chi connectivity index (χ1v) is 5.08. The predicted octanol–water partition coefficient (Wildman–Crippen LogP) is 2.86. The fourth-order valence-corrected chi connectivity index (χ4v) is 2.21. The molecule has 0 radical (unpaired) electrons. The summed E-state index contributed by atoms with van der Waals surface area (Å²) in [5.74, 6) is 0.916. The summed E-state index contributed by atoms with van der Waals surface area (Å²) in [6, 6.07) is 0.366. The van der Waals surface area contributed by atoms with Crippen molar-refractivity contribution >= 4 is 0 Å². The van der Waals surface area contributed by atoms with E-state index in [0.717, 1.165) is 12.3 Å². The van der Waals surface area contributed by atoms with Gasteiger partial charge in [-0.3, -0.25) is 0 Å². The van der Waals surface area contributed by atoms with E-state index in [1.54, 1.807) is 0 Å². The Morgan fingerprint density at radius 2 is 2.08 bits per heavy atom. The van der Waals surface area contributed by atoms with Gasteiger partial charge < -0.3 is 5.73 Å². The van der Waals surface area contributed by atoms with Crippen LogP contribution >= 0.6 is 0 Å². The van der Waals surface area contributed by atoms with E-state index < -0.39 is 0 Å². The van der Waals surface area contributed by atoms with Crippen molar-refractivity contribution < 1.29 is 0 Å². The lowest BCUT2D eigenvalue weighted by Gasteiger charge is -2.15. The van der Waals surface area contributed by atoms with Gasteiger partial charge in [0.05, 0.1) is 0 Å². The van der Waals surface area contributed by atoms with Gasteiger partial charge in [-0.25, -0.2) is 0 Å². The molecule has 1 rings (SSSR count). The minimum atomic E-state index is 0.366. The second-order valence-electron chi connectivity index (χ2n) is 4.31. The maximum Gasteiger partial charge on any atom is 0.00785 e. The molecular formula is C11H21N. The van der Waals surface area contributed by atoms with Gasteiger partial charge in [0.2, 0.25) is 0 Å². The topological polar surface area (TPSA) is 26.0 Å². The molecule has 0 aromatic carbocycles. The highest BCUT2D eigenvalue weighted by atomic mass is 14.6. The van der Waals surface area contributed by atoms with Gasteiger partial charge in [-0.2, -0.15) is 0 Å². The SMILES string of the molecule is C=C(C)CC(N)CC1CCCC1. The molecule has 0 saturated heterocycles. The third-order valence-electron chi connectivity index (χ3n) is 2.72. The van der Waals surface area contributed by atoms with Crippen LogP contribution in [-0.4, -0.2) is 6.04 Å². The largest absolute Gasteiger partial charge is 0.327 e. The van der Waals surface area contributed by atoms with Gasteiger partial charge >= 0.3 is 0 Å². The summed E-state index contributed by atoms with van der Waals surface area (Å²) in [4.78, 5) is 0. The zero-order valence-electron chi connectivity index (χ0n) is 8.18. The predicted molar refractivity (Wildman–Crippen MR) is 54.0 cm³/mol. The fourth-order valence-electron chi connectivity index (χ4n) is 2.21. The zero-order chi connectivity index (χ0) is 8.97. The lowest BCUT2D eigenvalue weighted by molar-refractivity contribution is 0.440. The number of hydrogen-bond donors (Lipinski definition) is 1. The van der Waals surface area contributed by atoms with Crippen LogP contribution < -0.4 is 5.73 Å². The molecule has 1 atom stereocenters. The first kappa shape index (κ1) is 9.79. The molecule has 1 unspecified atom stereocenters. The summed E-state index contributed by atoms with van der Waals surface area (Å²) in [7, 11) is 0. The normalized spacial score (nSPS) is 21.2. The van der Waals surface area contributed by atoms with E-state index in [0.29, 0.717) is 6.04 Å². The molecule has 1 fully saturated rings. The first-order valence-electron chi connectivity index (χ1n) is 5.08. The molecule has 70 valence electrons. The van der Waals surface area contributed by atoms with Crippen molar-refractivity contribution in [1.82, 2.24) is 0 Å². The Morgan fingerprint density at radius 3 is 2.58 bits per heavy atom. The Labute approximate surface area is 76.0 Å². The van der Waals surface area contributed by atoms with Gasteiger partial charge in [0.15, 0.2) is 0 Å². The Kier molecular flexibility index (Phi) is 3.80. The summed E-state index contributed by atoms with van der Waals surface area (Å²) >= 11 is 0. The van der Waals surface area contributed by atoms with Crippen LogP contribution in [0, 0.1) is 5.92 Å². The third-order valence-corrected chi connectivity index (χ3v) is 2.72. The second-order valence-corrected chi connectivity index (χ2v) is 4.31. The standard InChI is InChI=1S/C11H21N/c1-9(2)7-11(12)8-10-5-3-4-6-10/h10-11H,1,3-8,12H2,2H3. The molecule has 0 amide bonds. The lowest BCUT2D eigenvalue weighted by Crippen LogP contribution is -2.22. The molecule has 1 nitrogen and oxygen atoms in total. The molecule has 0 heterocycles. The van der Waals surface area contributed by atoms with Gasteiger partial charge in [0.25, 0.3) is 0 Å². The zero-order valence-corrected chi connectivity index (χ0v) is 8.18. The molecule has 0 aliphatic heterocycles. The van der Waals surface area contributed by atoms with Crippen molar-refractivity contribution in [2.75, 3.05) is 0 Å². The van der Waals surface area contributed by atoms with Crippen LogP contribution in [0.3, 0.4) is 0 Å². The Bertz CT molecular complexity index is 145. The molecule has 1 aliphatic rings. The van der Waals surface area contributed by atoms with Crippen LogP contribution in [0.25, 0.3) is 0 Å². The maximum atomic E-state index is 5.99. The van der Waals surface area contributed by atoms with Gasteiger partial charge in [0, 0.05) is 6.04 Å². The summed E-state index contributed by atoms with van der Waals surface area (Å²) < 4.78 is 0. The lowest BCUT2D eigenvalue weighted by atomic mass is 9.95. The van der Waals surface area contributed by atoms with Gasteiger partial charge in [0.1, 0.15) is 0 Å². The van der Waals surface area contributed by atoms with E-state index in [9.17, 15) is 0 Å². The summed E-state index contributed by atoms with van der Waals surface area (Å²) in [5, 5.41) is 0. The highest BCUT2D eigenvalue weighted by Gasteiger charge is 2.17. The summed E-state index contributed by atoms with van der Waals surface area (Å²) in [6.07, 6.45) is 7.88. The molecular weight excluding hydrogens is 146 g/mol. The van der Waals surface area contributed by atoms with E-state index in [2.05, 4.69) is 13.5 Å². The summed E-state index contributed by atoms with van der Waals surface area (Å²) in [5.41, 5.74) is 7.22. The van der Waals surface area contributed by atoms with E-state index in [1.807, 2.05) is 0 Å². The molecule has 0 aromatic rings. The van der Waals surface area contributed by atoms with Crippen LogP contribution in [0.1, 0.15) is 45.4 Å². The van der Waals surface area contributed by atoms with E-state index in [-0.39, 0.29) is 0 Å². The molecule has 0 aromatic heterocycles. The van der Waals surface area contributed by atoms with Crippen LogP contribution in [0.5, 0.6) is 0 Å². The van der Waals surface area contributed by atoms with Crippen molar-refractivity contribution in [3.05, 3.63) is 12.2 Å². The number of nitrogens with two attached hydrogens (primary N) is 1. The second kappa shape index (κ2) is 4.66. The fraction of sp³-hybridized carbons (Fsp3) is 0.818. The van der Waals surface area contributed by atoms with E-state index >= 15 is 0 Å². The van der Waals surface area contributed by atoms with Crippen LogP contribution in [0.15, 0.2) is 12.2 Å². The van der Waals surface area contributed by atoms with Crippen LogP contribution in [-0.2, 0) is 0 Å². The van der Waals surface area contributed by atoms with Crippen molar-refractivity contribution in [2.45, 2.75) is 51.5 Å². The molecule has 1 saturated carbocycles. The van der Waals surface area contributed by atoms with Gasteiger partial charge in [-0.15, -0.1) is 6.58 Å². The molecule has 0 bridgehead atoms. The van der Waals surface area contributed by atoms with Crippen molar-refractivity contribution in [3.8, 4) is 0 Å². The highest BCUT2D eigenvalue weighted by Crippen LogP contribution is 2.28. The minimum Gasteiger partial charge on any atom is -0.327 e. The third kappa shape index (κ3) is 3.40. The Morgan fingerprint density at radius 1 is 1.50 bits per heavy atom. The van der Waals surface area contributed by atoms with E-state index in [4.69, 9.17) is 5.73 Å². The molecule has 1 aliphatic carbocycles. The Balaban J connectivity index is 2.16. The van der Waals surface area contributed by atoms with E-state index in [1.165, 1.54) is 37.7 Å². The quantitative estimate of drug-likeness (QED) is 0.640.